The second kappa shape index (κ2) is 5.30. The van der Waals surface area contributed by atoms with Gasteiger partial charge in [0.05, 0.1) is 9.95 Å². The molecule has 0 radical (unpaired) electrons. The Kier molecular flexibility index (Phi) is 3.76. The number of rotatable bonds is 3. The molecule has 6 nitrogen and oxygen atoms in total. The highest BCUT2D eigenvalue weighted by atomic mass is 35.5. The van der Waals surface area contributed by atoms with Crippen molar-refractivity contribution < 1.29 is 9.72 Å². The van der Waals surface area contributed by atoms with Gasteiger partial charge in [-0.2, -0.15) is 0 Å². The Labute approximate surface area is 109 Å². The molecule has 0 amide bonds. The molecule has 1 heterocycles. The average Bonchev–Trinajstić information content (AvgIpc) is 2.34. The van der Waals surface area contributed by atoms with Gasteiger partial charge in [0.1, 0.15) is 5.78 Å². The zero-order valence-electron chi connectivity index (χ0n) is 9.56. The molecule has 1 N–H and O–H groups in total. The Bertz CT molecular complexity index is 482. The lowest BCUT2D eigenvalue weighted by atomic mass is 9.94. The Morgan fingerprint density at radius 3 is 2.72 bits per heavy atom. The quantitative estimate of drug-likeness (QED) is 0.673. The van der Waals surface area contributed by atoms with Crippen LogP contribution in [-0.2, 0) is 4.79 Å². The molecule has 1 aliphatic carbocycles. The minimum Gasteiger partial charge on any atom is -0.362 e. The molecular weight excluding hydrogens is 258 g/mol. The second-order valence-corrected chi connectivity index (χ2v) is 4.67. The van der Waals surface area contributed by atoms with E-state index in [4.69, 9.17) is 11.6 Å². The molecule has 1 saturated carbocycles. The molecule has 18 heavy (non-hydrogen) atoms. The van der Waals surface area contributed by atoms with E-state index in [0.717, 1.165) is 0 Å². The van der Waals surface area contributed by atoms with Gasteiger partial charge in [-0.15, -0.1) is 0 Å². The average molecular weight is 270 g/mol. The van der Waals surface area contributed by atoms with Crippen LogP contribution < -0.4 is 5.32 Å². The van der Waals surface area contributed by atoms with Gasteiger partial charge in [-0.1, -0.05) is 11.6 Å². The van der Waals surface area contributed by atoms with Crippen molar-refractivity contribution in [1.29, 1.82) is 0 Å². The number of carbonyl (C=O) groups excluding carboxylic acids is 1. The van der Waals surface area contributed by atoms with Crippen molar-refractivity contribution >= 4 is 28.9 Å². The first-order valence-electron chi connectivity index (χ1n) is 5.64. The first-order valence-corrected chi connectivity index (χ1v) is 6.02. The maximum Gasteiger partial charge on any atom is 0.312 e. The summed E-state index contributed by atoms with van der Waals surface area (Å²) in [4.78, 5) is 25.4. The number of aromatic nitrogens is 1. The fourth-order valence-electron chi connectivity index (χ4n) is 1.96. The van der Waals surface area contributed by atoms with Crippen molar-refractivity contribution in [3.05, 3.63) is 27.4 Å². The summed E-state index contributed by atoms with van der Waals surface area (Å²) in [6.07, 6.45) is 3.75. The lowest BCUT2D eigenvalue weighted by molar-refractivity contribution is -0.384. The lowest BCUT2D eigenvalue weighted by Crippen LogP contribution is -2.26. The number of nitrogens with zero attached hydrogens (tertiary/aromatic N) is 2. The van der Waals surface area contributed by atoms with Crippen LogP contribution in [0.5, 0.6) is 0 Å². The third-order valence-corrected chi connectivity index (χ3v) is 3.12. The fourth-order valence-corrected chi connectivity index (χ4v) is 2.11. The topological polar surface area (TPSA) is 85.1 Å². The molecular formula is C11H12ClN3O3. The van der Waals surface area contributed by atoms with Gasteiger partial charge < -0.3 is 5.32 Å². The van der Waals surface area contributed by atoms with E-state index in [9.17, 15) is 14.9 Å². The van der Waals surface area contributed by atoms with Gasteiger partial charge in [0, 0.05) is 31.1 Å². The number of pyridine rings is 1. The van der Waals surface area contributed by atoms with Crippen LogP contribution in [0.4, 0.5) is 11.5 Å². The van der Waals surface area contributed by atoms with E-state index in [-0.39, 0.29) is 28.4 Å². The molecule has 96 valence electrons. The Morgan fingerprint density at radius 2 is 2.11 bits per heavy atom. The van der Waals surface area contributed by atoms with Gasteiger partial charge >= 0.3 is 5.69 Å². The maximum absolute atomic E-state index is 11.1. The van der Waals surface area contributed by atoms with Crippen LogP contribution in [0.25, 0.3) is 0 Å². The zero-order chi connectivity index (χ0) is 13.1. The summed E-state index contributed by atoms with van der Waals surface area (Å²) in [5.41, 5.74) is -0.139. The van der Waals surface area contributed by atoms with Crippen LogP contribution in [0, 0.1) is 10.1 Å². The van der Waals surface area contributed by atoms with E-state index < -0.39 is 4.92 Å². The van der Waals surface area contributed by atoms with Crippen LogP contribution in [0.1, 0.15) is 25.7 Å². The molecule has 0 aliphatic heterocycles. The first kappa shape index (κ1) is 12.8. The predicted octanol–water partition coefficient (Wildman–Crippen LogP) is 2.57. The summed E-state index contributed by atoms with van der Waals surface area (Å²) >= 11 is 5.68. The standard InChI is InChI=1S/C11H12ClN3O3/c12-7-5-10(15(17)18)11(13-6-7)14-8-1-3-9(16)4-2-8/h5-6,8H,1-4H2,(H,13,14). The number of hydrogen-bond donors (Lipinski definition) is 1. The molecule has 0 saturated heterocycles. The molecule has 0 unspecified atom stereocenters. The number of anilines is 1. The van der Waals surface area contributed by atoms with Crippen molar-refractivity contribution in [3.63, 3.8) is 0 Å². The Hall–Kier alpha value is -1.69. The molecule has 1 aliphatic rings. The van der Waals surface area contributed by atoms with E-state index in [1.165, 1.54) is 12.3 Å². The molecule has 0 bridgehead atoms. The largest absolute Gasteiger partial charge is 0.362 e. The molecule has 1 fully saturated rings. The second-order valence-electron chi connectivity index (χ2n) is 4.24. The number of Topliss-reactive ketones (excluding diaryl/α,β-unsaturated/α-hetero) is 1. The Morgan fingerprint density at radius 1 is 1.44 bits per heavy atom. The predicted molar refractivity (Wildman–Crippen MR) is 66.8 cm³/mol. The zero-order valence-corrected chi connectivity index (χ0v) is 10.3. The summed E-state index contributed by atoms with van der Waals surface area (Å²) in [7, 11) is 0. The lowest BCUT2D eigenvalue weighted by Gasteiger charge is -2.22. The van der Waals surface area contributed by atoms with Gasteiger partial charge in [0.25, 0.3) is 0 Å². The van der Waals surface area contributed by atoms with Crippen molar-refractivity contribution in [1.82, 2.24) is 4.98 Å². The summed E-state index contributed by atoms with van der Waals surface area (Å²) in [6, 6.07) is 1.32. The fraction of sp³-hybridized carbons (Fsp3) is 0.455. The number of hydrogen-bond acceptors (Lipinski definition) is 5. The van der Waals surface area contributed by atoms with Gasteiger partial charge in [0.2, 0.25) is 5.82 Å². The molecule has 2 rings (SSSR count). The van der Waals surface area contributed by atoms with Gasteiger partial charge in [-0.25, -0.2) is 4.98 Å². The Balaban J connectivity index is 2.13. The van der Waals surface area contributed by atoms with E-state index in [1.807, 2.05) is 0 Å². The van der Waals surface area contributed by atoms with Crippen molar-refractivity contribution in [3.8, 4) is 0 Å². The molecule has 1 aromatic rings. The molecule has 0 aromatic carbocycles. The monoisotopic (exact) mass is 269 g/mol. The highest BCUT2D eigenvalue weighted by Crippen LogP contribution is 2.27. The van der Waals surface area contributed by atoms with Crippen molar-refractivity contribution in [2.45, 2.75) is 31.7 Å². The van der Waals surface area contributed by atoms with Gasteiger partial charge in [-0.05, 0) is 12.8 Å². The van der Waals surface area contributed by atoms with Crippen LogP contribution in [-0.4, -0.2) is 21.7 Å². The van der Waals surface area contributed by atoms with E-state index >= 15 is 0 Å². The number of carbonyl (C=O) groups is 1. The van der Waals surface area contributed by atoms with Crippen LogP contribution in [0.15, 0.2) is 12.3 Å². The normalized spacial score (nSPS) is 16.6. The van der Waals surface area contributed by atoms with E-state index in [0.29, 0.717) is 25.7 Å². The van der Waals surface area contributed by atoms with E-state index in [1.54, 1.807) is 0 Å². The van der Waals surface area contributed by atoms with Gasteiger partial charge in [0.15, 0.2) is 0 Å². The van der Waals surface area contributed by atoms with Crippen molar-refractivity contribution in [2.75, 3.05) is 5.32 Å². The summed E-state index contributed by atoms with van der Waals surface area (Å²) in [5, 5.41) is 14.1. The minimum atomic E-state index is -0.519. The molecule has 0 spiro atoms. The van der Waals surface area contributed by atoms with Gasteiger partial charge in [-0.3, -0.25) is 14.9 Å². The number of nitro groups is 1. The maximum atomic E-state index is 11.1. The summed E-state index contributed by atoms with van der Waals surface area (Å²) in [6.45, 7) is 0. The number of ketones is 1. The van der Waals surface area contributed by atoms with Crippen LogP contribution in [0.2, 0.25) is 5.02 Å². The third kappa shape index (κ3) is 2.95. The van der Waals surface area contributed by atoms with Crippen molar-refractivity contribution in [2.24, 2.45) is 0 Å². The number of halogens is 1. The summed E-state index contributed by atoms with van der Waals surface area (Å²) in [5.74, 6) is 0.454. The SMILES string of the molecule is O=C1CCC(Nc2ncc(Cl)cc2[N+](=O)[O-])CC1. The van der Waals surface area contributed by atoms with Crippen LogP contribution in [0.3, 0.4) is 0 Å². The molecule has 0 atom stereocenters. The third-order valence-electron chi connectivity index (χ3n) is 2.92. The van der Waals surface area contributed by atoms with Crippen LogP contribution >= 0.6 is 11.6 Å². The number of nitrogens with one attached hydrogen (secondary N) is 1. The molecule has 7 heteroatoms. The first-order chi connectivity index (χ1) is 8.56. The highest BCUT2D eigenvalue weighted by Gasteiger charge is 2.23. The highest BCUT2D eigenvalue weighted by molar-refractivity contribution is 6.30. The van der Waals surface area contributed by atoms with E-state index in [2.05, 4.69) is 10.3 Å². The smallest absolute Gasteiger partial charge is 0.312 e. The molecule has 1 aromatic heterocycles. The minimum absolute atomic E-state index is 0.0510. The summed E-state index contributed by atoms with van der Waals surface area (Å²) < 4.78 is 0.